The number of amidine groups is 1. The van der Waals surface area contributed by atoms with E-state index in [-0.39, 0.29) is 4.90 Å². The highest BCUT2D eigenvalue weighted by Crippen LogP contribution is 2.15. The average molecular weight is 306 g/mol. The third kappa shape index (κ3) is 3.66. The van der Waals surface area contributed by atoms with Crippen molar-refractivity contribution in [1.29, 1.82) is 0 Å². The molecule has 21 heavy (non-hydrogen) atoms. The number of halogens is 1. The van der Waals surface area contributed by atoms with E-state index in [1.54, 1.807) is 43.3 Å². The molecule has 0 unspecified atom stereocenters. The largest absolute Gasteiger partial charge is 0.362 e. The molecule has 0 amide bonds. The molecule has 0 heterocycles. The van der Waals surface area contributed by atoms with Gasteiger partial charge in [-0.2, -0.15) is 8.42 Å². The summed E-state index contributed by atoms with van der Waals surface area (Å²) >= 11 is 0. The Morgan fingerprint density at radius 3 is 2.10 bits per heavy atom. The summed E-state index contributed by atoms with van der Waals surface area (Å²) in [5.41, 5.74) is 0.688. The molecule has 0 saturated heterocycles. The minimum absolute atomic E-state index is 0.0424. The molecule has 6 heteroatoms. The van der Waals surface area contributed by atoms with E-state index in [0.717, 1.165) is 12.1 Å². The summed E-state index contributed by atoms with van der Waals surface area (Å²) in [5.74, 6) is -0.172. The van der Waals surface area contributed by atoms with Crippen LogP contribution in [0.25, 0.3) is 0 Å². The highest BCUT2D eigenvalue weighted by molar-refractivity contribution is 7.90. The molecule has 2 rings (SSSR count). The fourth-order valence-corrected chi connectivity index (χ4v) is 2.83. The normalized spacial score (nSPS) is 12.2. The maximum atomic E-state index is 12.9. The topological polar surface area (TPSA) is 49.7 Å². The number of benzene rings is 2. The van der Waals surface area contributed by atoms with Crippen LogP contribution in [0.1, 0.15) is 5.56 Å². The predicted octanol–water partition coefficient (Wildman–Crippen LogP) is 2.52. The third-order valence-corrected chi connectivity index (χ3v) is 4.05. The summed E-state index contributed by atoms with van der Waals surface area (Å²) in [7, 11) is -0.461. The van der Waals surface area contributed by atoms with E-state index in [4.69, 9.17) is 0 Å². The standard InChI is InChI=1S/C15H15FN2O2S/c1-18(2)15(12-6-4-3-5-7-12)17-21(19,20)14-10-8-13(16)9-11-14/h3-11H,1-2H3. The van der Waals surface area contributed by atoms with Crippen LogP contribution in [0.4, 0.5) is 4.39 Å². The minimum atomic E-state index is -3.89. The lowest BCUT2D eigenvalue weighted by atomic mass is 10.2. The number of nitrogens with zero attached hydrogens (tertiary/aromatic N) is 2. The van der Waals surface area contributed by atoms with Gasteiger partial charge in [-0.1, -0.05) is 30.3 Å². The van der Waals surface area contributed by atoms with E-state index in [2.05, 4.69) is 4.40 Å². The zero-order valence-electron chi connectivity index (χ0n) is 11.7. The highest BCUT2D eigenvalue weighted by Gasteiger charge is 2.16. The Hall–Kier alpha value is -2.21. The second-order valence-corrected chi connectivity index (χ2v) is 6.21. The van der Waals surface area contributed by atoms with Gasteiger partial charge in [0, 0.05) is 19.7 Å². The van der Waals surface area contributed by atoms with Crippen LogP contribution in [0, 0.1) is 5.82 Å². The molecule has 0 bridgehead atoms. The maximum Gasteiger partial charge on any atom is 0.284 e. The fraction of sp³-hybridized carbons (Fsp3) is 0.133. The Balaban J connectivity index is 2.49. The molecule has 0 aliphatic heterocycles. The molecular formula is C15H15FN2O2S. The van der Waals surface area contributed by atoms with Crippen LogP contribution in [-0.2, 0) is 10.0 Å². The SMILES string of the molecule is CN(C)C(=NS(=O)(=O)c1ccc(F)cc1)c1ccccc1. The molecule has 110 valence electrons. The van der Waals surface area contributed by atoms with Gasteiger partial charge in [-0.25, -0.2) is 4.39 Å². The number of sulfonamides is 1. The lowest BCUT2D eigenvalue weighted by Crippen LogP contribution is -2.24. The monoisotopic (exact) mass is 306 g/mol. The van der Waals surface area contributed by atoms with Crippen LogP contribution in [0.2, 0.25) is 0 Å². The Kier molecular flexibility index (Phi) is 4.37. The Morgan fingerprint density at radius 1 is 1.00 bits per heavy atom. The van der Waals surface area contributed by atoms with Gasteiger partial charge in [-0.15, -0.1) is 4.40 Å². The second kappa shape index (κ2) is 6.05. The van der Waals surface area contributed by atoms with Crippen LogP contribution >= 0.6 is 0 Å². The van der Waals surface area contributed by atoms with E-state index >= 15 is 0 Å². The van der Waals surface area contributed by atoms with Gasteiger partial charge in [0.1, 0.15) is 11.7 Å². The first-order valence-corrected chi connectivity index (χ1v) is 7.67. The van der Waals surface area contributed by atoms with E-state index in [9.17, 15) is 12.8 Å². The van der Waals surface area contributed by atoms with E-state index < -0.39 is 15.8 Å². The van der Waals surface area contributed by atoms with Crippen LogP contribution in [0.5, 0.6) is 0 Å². The summed E-state index contributed by atoms with van der Waals surface area (Å²) in [6.45, 7) is 0. The van der Waals surface area contributed by atoms with E-state index in [1.807, 2.05) is 6.07 Å². The van der Waals surface area contributed by atoms with Gasteiger partial charge in [0.2, 0.25) is 0 Å². The van der Waals surface area contributed by atoms with Gasteiger partial charge < -0.3 is 4.90 Å². The van der Waals surface area contributed by atoms with E-state index in [0.29, 0.717) is 11.4 Å². The molecule has 4 nitrogen and oxygen atoms in total. The molecule has 0 aliphatic carbocycles. The summed E-state index contributed by atoms with van der Waals surface area (Å²) in [5, 5.41) is 0. The predicted molar refractivity (Wildman–Crippen MR) is 80.3 cm³/mol. The first-order valence-electron chi connectivity index (χ1n) is 6.23. The summed E-state index contributed by atoms with van der Waals surface area (Å²) in [6.07, 6.45) is 0. The van der Waals surface area contributed by atoms with Gasteiger partial charge in [-0.3, -0.25) is 0 Å². The van der Waals surface area contributed by atoms with E-state index in [1.165, 1.54) is 12.1 Å². The van der Waals surface area contributed by atoms with Crippen molar-refractivity contribution in [2.75, 3.05) is 14.1 Å². The summed E-state index contributed by atoms with van der Waals surface area (Å²) < 4.78 is 41.4. The lowest BCUT2D eigenvalue weighted by Gasteiger charge is -2.15. The zero-order valence-corrected chi connectivity index (χ0v) is 12.5. The molecule has 0 atom stereocenters. The van der Waals surface area contributed by atoms with Gasteiger partial charge in [0.05, 0.1) is 4.90 Å². The Labute approximate surface area is 123 Å². The third-order valence-electron chi connectivity index (χ3n) is 2.77. The van der Waals surface area contributed by atoms with Crippen molar-refractivity contribution in [3.8, 4) is 0 Å². The van der Waals surface area contributed by atoms with Crippen molar-refractivity contribution < 1.29 is 12.8 Å². The fourth-order valence-electron chi connectivity index (χ4n) is 1.75. The molecule has 0 aliphatic rings. The number of hydrogen-bond acceptors (Lipinski definition) is 2. The number of hydrogen-bond donors (Lipinski definition) is 0. The first kappa shape index (κ1) is 15.2. The van der Waals surface area contributed by atoms with Crippen molar-refractivity contribution in [2.45, 2.75) is 4.90 Å². The van der Waals surface area contributed by atoms with Crippen LogP contribution in [0.15, 0.2) is 63.9 Å². The zero-order chi connectivity index (χ0) is 15.5. The molecule has 2 aromatic rings. The second-order valence-electron chi connectivity index (χ2n) is 4.60. The molecule has 0 radical (unpaired) electrons. The molecule has 0 N–H and O–H groups in total. The van der Waals surface area contributed by atoms with Gasteiger partial charge >= 0.3 is 0 Å². The molecule has 0 aromatic heterocycles. The van der Waals surface area contributed by atoms with Crippen molar-refractivity contribution in [1.82, 2.24) is 4.90 Å². The quantitative estimate of drug-likeness (QED) is 0.647. The Morgan fingerprint density at radius 2 is 1.57 bits per heavy atom. The smallest absolute Gasteiger partial charge is 0.284 e. The summed E-state index contributed by atoms with van der Waals surface area (Å²) in [6, 6.07) is 13.6. The number of rotatable bonds is 3. The van der Waals surface area contributed by atoms with Crippen molar-refractivity contribution in [2.24, 2.45) is 4.40 Å². The minimum Gasteiger partial charge on any atom is -0.362 e. The molecular weight excluding hydrogens is 291 g/mol. The van der Waals surface area contributed by atoms with Crippen LogP contribution in [-0.4, -0.2) is 33.2 Å². The lowest BCUT2D eigenvalue weighted by molar-refractivity contribution is 0.591. The van der Waals surface area contributed by atoms with Gasteiger partial charge in [-0.05, 0) is 24.3 Å². The summed E-state index contributed by atoms with van der Waals surface area (Å²) in [4.78, 5) is 1.58. The van der Waals surface area contributed by atoms with Crippen molar-refractivity contribution in [3.05, 3.63) is 66.0 Å². The molecule has 0 spiro atoms. The molecule has 2 aromatic carbocycles. The van der Waals surface area contributed by atoms with Gasteiger partial charge in [0.25, 0.3) is 10.0 Å². The Bertz CT molecular complexity index is 739. The van der Waals surface area contributed by atoms with Crippen molar-refractivity contribution in [3.63, 3.8) is 0 Å². The molecule has 0 fully saturated rings. The molecule has 0 saturated carbocycles. The first-order chi connectivity index (χ1) is 9.90. The average Bonchev–Trinajstić information content (AvgIpc) is 2.46. The van der Waals surface area contributed by atoms with Gasteiger partial charge in [0.15, 0.2) is 0 Å². The van der Waals surface area contributed by atoms with Crippen LogP contribution in [0.3, 0.4) is 0 Å². The van der Waals surface area contributed by atoms with Crippen LogP contribution < -0.4 is 0 Å². The maximum absolute atomic E-state index is 12.9. The van der Waals surface area contributed by atoms with Crippen molar-refractivity contribution >= 4 is 15.9 Å². The highest BCUT2D eigenvalue weighted by atomic mass is 32.2.